The van der Waals surface area contributed by atoms with Crippen molar-refractivity contribution in [2.75, 3.05) is 26.2 Å². The van der Waals surface area contributed by atoms with Crippen molar-refractivity contribution in [3.63, 3.8) is 0 Å². The van der Waals surface area contributed by atoms with Crippen LogP contribution in [0.1, 0.15) is 26.5 Å². The van der Waals surface area contributed by atoms with E-state index in [1.165, 1.54) is 0 Å². The Kier molecular flexibility index (Phi) is 4.50. The van der Waals surface area contributed by atoms with E-state index >= 15 is 0 Å². The minimum absolute atomic E-state index is 0.0650. The van der Waals surface area contributed by atoms with Gasteiger partial charge < -0.3 is 15.1 Å². The lowest BCUT2D eigenvalue weighted by atomic mass is 9.86. The Bertz CT molecular complexity index is 428. The monoisotopic (exact) mass is 279 g/mol. The number of nitrogens with zero attached hydrogens (tertiary/aromatic N) is 2. The summed E-state index contributed by atoms with van der Waals surface area (Å²) in [5.41, 5.74) is 5.86. The van der Waals surface area contributed by atoms with Crippen molar-refractivity contribution in [1.82, 2.24) is 9.80 Å². The number of nitrogens with two attached hydrogens (primary N) is 1. The summed E-state index contributed by atoms with van der Waals surface area (Å²) in [4.78, 5) is 16.5. The van der Waals surface area contributed by atoms with Crippen molar-refractivity contribution in [3.8, 4) is 0 Å². The van der Waals surface area contributed by atoms with Crippen LogP contribution in [0.15, 0.2) is 22.8 Å². The van der Waals surface area contributed by atoms with Gasteiger partial charge in [0, 0.05) is 26.2 Å². The number of hydrogen-bond donors (Lipinski definition) is 1. The van der Waals surface area contributed by atoms with Crippen molar-refractivity contribution in [3.05, 3.63) is 24.2 Å². The van der Waals surface area contributed by atoms with E-state index in [1.54, 1.807) is 6.26 Å². The van der Waals surface area contributed by atoms with E-state index in [9.17, 15) is 4.79 Å². The standard InChI is InChI=1S/C15H25N3O2/c1-15(2,3)13(16)14(19)18-8-6-17(7-9-18)11-12-5-4-10-20-12/h4-5,10,13H,6-9,11,16H2,1-3H3/t13-/m1/s1. The first-order chi connectivity index (χ1) is 9.38. The summed E-state index contributed by atoms with van der Waals surface area (Å²) in [7, 11) is 0. The van der Waals surface area contributed by atoms with Crippen LogP contribution in [0.5, 0.6) is 0 Å². The van der Waals surface area contributed by atoms with Gasteiger partial charge >= 0.3 is 0 Å². The molecule has 0 saturated carbocycles. The molecule has 2 rings (SSSR count). The molecule has 0 radical (unpaired) electrons. The lowest BCUT2D eigenvalue weighted by Gasteiger charge is -2.37. The molecular formula is C15H25N3O2. The van der Waals surface area contributed by atoms with E-state index in [2.05, 4.69) is 4.90 Å². The number of carbonyl (C=O) groups is 1. The van der Waals surface area contributed by atoms with E-state index in [0.717, 1.165) is 38.5 Å². The van der Waals surface area contributed by atoms with Gasteiger partial charge in [0.05, 0.1) is 18.8 Å². The predicted molar refractivity (Wildman–Crippen MR) is 78.0 cm³/mol. The molecule has 2 N–H and O–H groups in total. The van der Waals surface area contributed by atoms with Crippen molar-refractivity contribution in [2.24, 2.45) is 11.1 Å². The highest BCUT2D eigenvalue weighted by molar-refractivity contribution is 5.82. The summed E-state index contributed by atoms with van der Waals surface area (Å²) in [5.74, 6) is 1.03. The number of carbonyl (C=O) groups excluding carboxylic acids is 1. The van der Waals surface area contributed by atoms with Crippen LogP contribution in [0.2, 0.25) is 0 Å². The summed E-state index contributed by atoms with van der Waals surface area (Å²) >= 11 is 0. The molecule has 1 fully saturated rings. The fourth-order valence-corrected chi connectivity index (χ4v) is 2.32. The van der Waals surface area contributed by atoms with Crippen molar-refractivity contribution < 1.29 is 9.21 Å². The van der Waals surface area contributed by atoms with Gasteiger partial charge in [0.25, 0.3) is 0 Å². The lowest BCUT2D eigenvalue weighted by Crippen LogP contribution is -2.56. The molecule has 0 unspecified atom stereocenters. The fraction of sp³-hybridized carbons (Fsp3) is 0.667. The number of rotatable bonds is 3. The average Bonchev–Trinajstić information content (AvgIpc) is 2.90. The maximum atomic E-state index is 12.3. The molecule has 2 heterocycles. The third-order valence-corrected chi connectivity index (χ3v) is 3.84. The zero-order valence-electron chi connectivity index (χ0n) is 12.6. The molecular weight excluding hydrogens is 254 g/mol. The molecule has 1 aromatic heterocycles. The van der Waals surface area contributed by atoms with Crippen LogP contribution in [0.3, 0.4) is 0 Å². The minimum atomic E-state index is -0.431. The average molecular weight is 279 g/mol. The van der Waals surface area contributed by atoms with Crippen LogP contribution in [0, 0.1) is 5.41 Å². The largest absolute Gasteiger partial charge is 0.468 e. The molecule has 1 saturated heterocycles. The maximum Gasteiger partial charge on any atom is 0.240 e. The molecule has 5 nitrogen and oxygen atoms in total. The molecule has 1 amide bonds. The Morgan fingerprint density at radius 3 is 2.50 bits per heavy atom. The molecule has 5 heteroatoms. The smallest absolute Gasteiger partial charge is 0.240 e. The predicted octanol–water partition coefficient (Wildman–Crippen LogP) is 1.30. The number of piperazine rings is 1. The first kappa shape index (κ1) is 15.1. The van der Waals surface area contributed by atoms with Crippen LogP contribution < -0.4 is 5.73 Å². The molecule has 1 atom stereocenters. The van der Waals surface area contributed by atoms with Gasteiger partial charge in [-0.15, -0.1) is 0 Å². The summed E-state index contributed by atoms with van der Waals surface area (Å²) in [6.45, 7) is 10.0. The second kappa shape index (κ2) is 5.97. The van der Waals surface area contributed by atoms with Gasteiger partial charge in [0.2, 0.25) is 5.91 Å². The Morgan fingerprint density at radius 2 is 2.00 bits per heavy atom. The fourth-order valence-electron chi connectivity index (χ4n) is 2.32. The van der Waals surface area contributed by atoms with Crippen LogP contribution in [0.4, 0.5) is 0 Å². The van der Waals surface area contributed by atoms with E-state index < -0.39 is 6.04 Å². The Balaban J connectivity index is 1.83. The molecule has 0 spiro atoms. The number of furan rings is 1. The van der Waals surface area contributed by atoms with Gasteiger partial charge in [0.1, 0.15) is 5.76 Å². The third kappa shape index (κ3) is 3.61. The quantitative estimate of drug-likeness (QED) is 0.906. The third-order valence-electron chi connectivity index (χ3n) is 3.84. The molecule has 0 aliphatic carbocycles. The van der Waals surface area contributed by atoms with Crippen LogP contribution in [0.25, 0.3) is 0 Å². The molecule has 1 aliphatic rings. The Labute approximate surface area is 120 Å². The van der Waals surface area contributed by atoms with Crippen molar-refractivity contribution >= 4 is 5.91 Å². The highest BCUT2D eigenvalue weighted by Crippen LogP contribution is 2.20. The maximum absolute atomic E-state index is 12.3. The van der Waals surface area contributed by atoms with Gasteiger partial charge in [-0.3, -0.25) is 9.69 Å². The van der Waals surface area contributed by atoms with Crippen LogP contribution in [-0.4, -0.2) is 47.9 Å². The number of hydrogen-bond acceptors (Lipinski definition) is 4. The number of amides is 1. The highest BCUT2D eigenvalue weighted by Gasteiger charge is 2.32. The van der Waals surface area contributed by atoms with Crippen molar-refractivity contribution in [2.45, 2.75) is 33.4 Å². The van der Waals surface area contributed by atoms with E-state index in [4.69, 9.17) is 10.2 Å². The Hall–Kier alpha value is -1.33. The van der Waals surface area contributed by atoms with Gasteiger partial charge in [-0.2, -0.15) is 0 Å². The van der Waals surface area contributed by atoms with Crippen molar-refractivity contribution in [1.29, 1.82) is 0 Å². The summed E-state index contributed by atoms with van der Waals surface area (Å²) in [5, 5.41) is 0. The van der Waals surface area contributed by atoms with Gasteiger partial charge in [-0.25, -0.2) is 0 Å². The Morgan fingerprint density at radius 1 is 1.35 bits per heavy atom. The summed E-state index contributed by atoms with van der Waals surface area (Å²) in [6, 6.07) is 3.45. The van der Waals surface area contributed by atoms with Crippen LogP contribution >= 0.6 is 0 Å². The molecule has 1 aromatic rings. The summed E-state index contributed by atoms with van der Waals surface area (Å²) in [6.07, 6.45) is 1.69. The second-order valence-corrected chi connectivity index (χ2v) is 6.52. The molecule has 1 aliphatic heterocycles. The molecule has 20 heavy (non-hydrogen) atoms. The molecule has 0 bridgehead atoms. The first-order valence-electron chi connectivity index (χ1n) is 7.17. The zero-order chi connectivity index (χ0) is 14.8. The van der Waals surface area contributed by atoms with Gasteiger partial charge in [-0.05, 0) is 17.5 Å². The highest BCUT2D eigenvalue weighted by atomic mass is 16.3. The molecule has 0 aromatic carbocycles. The SMILES string of the molecule is CC(C)(C)[C@H](N)C(=O)N1CCN(Cc2ccco2)CC1. The zero-order valence-corrected chi connectivity index (χ0v) is 12.6. The minimum Gasteiger partial charge on any atom is -0.468 e. The van der Waals surface area contributed by atoms with E-state index in [0.29, 0.717) is 0 Å². The van der Waals surface area contributed by atoms with E-state index in [-0.39, 0.29) is 11.3 Å². The normalized spacial score (nSPS) is 19.1. The topological polar surface area (TPSA) is 62.7 Å². The second-order valence-electron chi connectivity index (χ2n) is 6.52. The van der Waals surface area contributed by atoms with E-state index in [1.807, 2.05) is 37.8 Å². The molecule has 112 valence electrons. The van der Waals surface area contributed by atoms with Gasteiger partial charge in [0.15, 0.2) is 0 Å². The first-order valence-corrected chi connectivity index (χ1v) is 7.17. The van der Waals surface area contributed by atoms with Gasteiger partial charge in [-0.1, -0.05) is 20.8 Å². The summed E-state index contributed by atoms with van der Waals surface area (Å²) < 4.78 is 5.35. The lowest BCUT2D eigenvalue weighted by molar-refractivity contribution is -0.136. The van der Waals surface area contributed by atoms with Crippen LogP contribution in [-0.2, 0) is 11.3 Å².